The van der Waals surface area contributed by atoms with Crippen molar-refractivity contribution in [1.82, 2.24) is 0 Å². The van der Waals surface area contributed by atoms with Gasteiger partial charge >= 0.3 is 0 Å². The van der Waals surface area contributed by atoms with E-state index in [0.717, 1.165) is 12.5 Å². The number of Topliss-reactive ketones (excluding diaryl/α,β-unsaturated/α-hetero) is 2. The fourth-order valence-corrected chi connectivity index (χ4v) is 6.79. The number of allylic oxidation sites excluding steroid dienone is 4. The summed E-state index contributed by atoms with van der Waals surface area (Å²) in [5.41, 5.74) is 2.33. The van der Waals surface area contributed by atoms with Crippen LogP contribution in [0.15, 0.2) is 34.9 Å². The number of benzene rings is 1. The lowest BCUT2D eigenvalue weighted by molar-refractivity contribution is -0.124. The molecule has 0 aliphatic heterocycles. The molecule has 0 saturated heterocycles. The molecule has 0 radical (unpaired) electrons. The first-order valence-electron chi connectivity index (χ1n) is 10.5. The minimum absolute atomic E-state index is 0.105. The summed E-state index contributed by atoms with van der Waals surface area (Å²) in [7, 11) is 0. The molecule has 2 fully saturated rings. The van der Waals surface area contributed by atoms with Crippen molar-refractivity contribution >= 4 is 23.2 Å². The van der Waals surface area contributed by atoms with E-state index in [4.69, 9.17) is 11.6 Å². The van der Waals surface area contributed by atoms with Gasteiger partial charge in [0.15, 0.2) is 16.4 Å². The van der Waals surface area contributed by atoms with Crippen molar-refractivity contribution in [3.8, 4) is 11.5 Å². The molecular weight excluding hydrogens is 400 g/mol. The molecule has 0 unspecified atom stereocenters. The first-order chi connectivity index (χ1) is 13.9. The number of hydrogen-bond donors (Lipinski definition) is 2. The Hall–Kier alpha value is -2.07. The minimum atomic E-state index is -1.71. The average molecular weight is 429 g/mol. The van der Waals surface area contributed by atoms with Crippen LogP contribution in [-0.4, -0.2) is 26.7 Å². The number of aromatic hydroxyl groups is 2. The summed E-state index contributed by atoms with van der Waals surface area (Å²) in [6.07, 6.45) is 4.61. The van der Waals surface area contributed by atoms with E-state index in [1.165, 1.54) is 22.8 Å². The van der Waals surface area contributed by atoms with Crippen molar-refractivity contribution in [3.05, 3.63) is 46.1 Å². The molecule has 3 aliphatic rings. The second-order valence-corrected chi connectivity index (χ2v) is 10.5. The number of rotatable bonds is 3. The van der Waals surface area contributed by atoms with Gasteiger partial charge in [0.2, 0.25) is 0 Å². The van der Waals surface area contributed by atoms with Crippen LogP contribution in [0.5, 0.6) is 11.5 Å². The van der Waals surface area contributed by atoms with Crippen LogP contribution in [0, 0.1) is 11.3 Å². The van der Waals surface area contributed by atoms with Crippen molar-refractivity contribution in [3.63, 3.8) is 0 Å². The summed E-state index contributed by atoms with van der Waals surface area (Å²) in [5.74, 6) is -1.41. The Morgan fingerprint density at radius 2 is 1.87 bits per heavy atom. The van der Waals surface area contributed by atoms with Crippen molar-refractivity contribution in [2.24, 2.45) is 11.3 Å². The van der Waals surface area contributed by atoms with Gasteiger partial charge in [-0.1, -0.05) is 29.7 Å². The standard InChI is InChI=1S/C25H29ClO4/c1-13(2)7-6-8-23(5)19-9-15(14(3)4)12-24(19)17-10-16(27)11-18(28)20(17)21(29)25(23,26)22(24)30/h7,10-11,19,27-28H,6,8-9,12H2,1-5H3/t19-,23-,24+,25+/m0/s1. The molecule has 3 aliphatic carbocycles. The summed E-state index contributed by atoms with van der Waals surface area (Å²) < 4.78 is 0. The number of phenolic OH excluding ortho intramolecular Hbond substituents is 2. The van der Waals surface area contributed by atoms with Crippen LogP contribution in [0.3, 0.4) is 0 Å². The zero-order valence-corrected chi connectivity index (χ0v) is 19.0. The minimum Gasteiger partial charge on any atom is -0.508 e. The molecule has 0 aromatic heterocycles. The van der Waals surface area contributed by atoms with Crippen molar-refractivity contribution in [2.75, 3.05) is 0 Å². The molecule has 4 atom stereocenters. The third-order valence-corrected chi connectivity index (χ3v) is 8.63. The Bertz CT molecular complexity index is 1040. The molecule has 0 heterocycles. The second-order valence-electron chi connectivity index (χ2n) is 9.95. The number of fused-ring (bicyclic) bond motifs is 2. The number of ketones is 2. The van der Waals surface area contributed by atoms with E-state index in [2.05, 4.69) is 6.08 Å². The lowest BCUT2D eigenvalue weighted by Crippen LogP contribution is -2.54. The monoisotopic (exact) mass is 428 g/mol. The third-order valence-electron chi connectivity index (χ3n) is 7.86. The molecule has 1 aromatic rings. The maximum absolute atomic E-state index is 14.0. The molecule has 160 valence electrons. The first-order valence-corrected chi connectivity index (χ1v) is 10.9. The maximum Gasteiger partial charge on any atom is 0.195 e. The molecule has 4 rings (SSSR count). The highest BCUT2D eigenvalue weighted by molar-refractivity contribution is 6.53. The summed E-state index contributed by atoms with van der Waals surface area (Å²) in [5, 5.41) is 20.8. The van der Waals surface area contributed by atoms with Gasteiger partial charge in [-0.15, -0.1) is 11.6 Å². The van der Waals surface area contributed by atoms with Crippen molar-refractivity contribution in [2.45, 2.75) is 70.6 Å². The Kier molecular flexibility index (Phi) is 4.56. The van der Waals surface area contributed by atoms with E-state index < -0.39 is 21.5 Å². The number of phenols is 2. The van der Waals surface area contributed by atoms with Crippen molar-refractivity contribution < 1.29 is 19.8 Å². The van der Waals surface area contributed by atoms with Crippen LogP contribution in [0.1, 0.15) is 76.2 Å². The molecule has 2 saturated carbocycles. The number of carbonyl (C=O) groups excluding carboxylic acids is 2. The average Bonchev–Trinajstić information content (AvgIpc) is 3.09. The van der Waals surface area contributed by atoms with E-state index in [1.54, 1.807) is 0 Å². The van der Waals surface area contributed by atoms with Gasteiger partial charge in [0, 0.05) is 11.5 Å². The van der Waals surface area contributed by atoms with Gasteiger partial charge in [-0.2, -0.15) is 0 Å². The zero-order valence-electron chi connectivity index (χ0n) is 18.2. The van der Waals surface area contributed by atoms with Gasteiger partial charge < -0.3 is 10.2 Å². The summed E-state index contributed by atoms with van der Waals surface area (Å²) in [6.45, 7) is 10.1. The molecule has 4 nitrogen and oxygen atoms in total. The van der Waals surface area contributed by atoms with Gasteiger partial charge in [0.05, 0.1) is 11.0 Å². The van der Waals surface area contributed by atoms with Crippen LogP contribution in [-0.2, 0) is 10.2 Å². The lowest BCUT2D eigenvalue weighted by atomic mass is 9.66. The first kappa shape index (κ1) is 21.2. The van der Waals surface area contributed by atoms with Crippen LogP contribution >= 0.6 is 11.6 Å². The topological polar surface area (TPSA) is 74.6 Å². The highest BCUT2D eigenvalue weighted by atomic mass is 35.5. The Morgan fingerprint density at radius 3 is 2.47 bits per heavy atom. The summed E-state index contributed by atoms with van der Waals surface area (Å²) in [4.78, 5) is 26.0. The largest absolute Gasteiger partial charge is 0.508 e. The Morgan fingerprint density at radius 1 is 1.20 bits per heavy atom. The SMILES string of the molecule is CC(C)=CCC[C@@]1(C)[C@@H]2CC(=C(C)C)C[C@]23C(=O)[C@]1(Cl)C(=O)c1c(O)cc(O)cc13. The molecule has 2 N–H and O–H groups in total. The predicted molar refractivity (Wildman–Crippen MR) is 117 cm³/mol. The highest BCUT2D eigenvalue weighted by Crippen LogP contribution is 2.73. The predicted octanol–water partition coefficient (Wildman–Crippen LogP) is 5.59. The Balaban J connectivity index is 2.03. The van der Waals surface area contributed by atoms with Gasteiger partial charge in [0.1, 0.15) is 11.5 Å². The molecule has 1 spiro atoms. The van der Waals surface area contributed by atoms with Gasteiger partial charge in [-0.25, -0.2) is 0 Å². The number of alkyl halides is 1. The number of halogens is 1. The number of carbonyl (C=O) groups is 2. The van der Waals surface area contributed by atoms with Crippen LogP contribution < -0.4 is 0 Å². The molecular formula is C25H29ClO4. The van der Waals surface area contributed by atoms with E-state index >= 15 is 0 Å². The van der Waals surface area contributed by atoms with E-state index in [0.29, 0.717) is 24.8 Å². The quantitative estimate of drug-likeness (QED) is 0.373. The third kappa shape index (κ3) is 2.34. The van der Waals surface area contributed by atoms with Gasteiger partial charge in [0.25, 0.3) is 0 Å². The van der Waals surface area contributed by atoms with E-state index in [9.17, 15) is 19.8 Å². The fraction of sp³-hybridized carbons (Fsp3) is 0.520. The molecule has 1 aromatic carbocycles. The maximum atomic E-state index is 14.0. The van der Waals surface area contributed by atoms with Crippen LogP contribution in [0.2, 0.25) is 0 Å². The molecule has 30 heavy (non-hydrogen) atoms. The highest BCUT2D eigenvalue weighted by Gasteiger charge is 2.80. The van der Waals surface area contributed by atoms with E-state index in [1.807, 2.05) is 34.6 Å². The zero-order chi connectivity index (χ0) is 22.2. The summed E-state index contributed by atoms with van der Waals surface area (Å²) in [6, 6.07) is 2.65. The summed E-state index contributed by atoms with van der Waals surface area (Å²) >= 11 is 7.08. The lowest BCUT2D eigenvalue weighted by Gasteiger charge is -2.40. The normalized spacial score (nSPS) is 34.1. The molecule has 2 bridgehead atoms. The fourth-order valence-electron chi connectivity index (χ4n) is 6.30. The van der Waals surface area contributed by atoms with E-state index in [-0.39, 0.29) is 28.8 Å². The second kappa shape index (κ2) is 6.46. The molecule has 5 heteroatoms. The van der Waals surface area contributed by atoms with Gasteiger partial charge in [-0.05, 0) is 70.9 Å². The smallest absolute Gasteiger partial charge is 0.195 e. The van der Waals surface area contributed by atoms with Crippen LogP contribution in [0.25, 0.3) is 0 Å². The van der Waals surface area contributed by atoms with Crippen molar-refractivity contribution in [1.29, 1.82) is 0 Å². The number of hydrogen-bond acceptors (Lipinski definition) is 4. The Labute approximate surface area is 182 Å². The molecule has 0 amide bonds. The van der Waals surface area contributed by atoms with Gasteiger partial charge in [-0.3, -0.25) is 9.59 Å². The van der Waals surface area contributed by atoms with Crippen LogP contribution in [0.4, 0.5) is 0 Å².